The minimum atomic E-state index is -4.25. The average Bonchev–Trinajstić information content (AvgIpc) is 2.03. The van der Waals surface area contributed by atoms with E-state index in [2.05, 4.69) is 5.32 Å². The van der Waals surface area contributed by atoms with Crippen LogP contribution in [0, 0.1) is 6.92 Å². The molecule has 1 aliphatic heterocycles. The fraction of sp³-hybridized carbons (Fsp3) is 0.455. The van der Waals surface area contributed by atoms with Gasteiger partial charge in [-0.15, -0.1) is 0 Å². The molecule has 1 atom stereocenters. The summed E-state index contributed by atoms with van der Waals surface area (Å²) in [5.41, 5.74) is 0.499. The van der Waals surface area contributed by atoms with E-state index in [1.54, 1.807) is 6.07 Å². The zero-order chi connectivity index (χ0) is 11.1. The molecule has 0 saturated carbocycles. The molecule has 1 aromatic carbocycles. The largest absolute Gasteiger partial charge is 0.416 e. The molecule has 1 N–H and O–H groups in total. The van der Waals surface area contributed by atoms with Crippen LogP contribution >= 0.6 is 0 Å². The second-order valence-electron chi connectivity index (χ2n) is 3.87. The van der Waals surface area contributed by atoms with E-state index in [0.717, 1.165) is 18.5 Å². The molecule has 0 aromatic heterocycles. The number of hydrogen-bond donors (Lipinski definition) is 1. The van der Waals surface area contributed by atoms with Crippen LogP contribution < -0.4 is 5.32 Å². The second kappa shape index (κ2) is 3.52. The van der Waals surface area contributed by atoms with Gasteiger partial charge in [-0.2, -0.15) is 13.2 Å². The number of alkyl halides is 3. The lowest BCUT2D eigenvalue weighted by Crippen LogP contribution is -2.35. The summed E-state index contributed by atoms with van der Waals surface area (Å²) in [6.45, 7) is 2.38. The Morgan fingerprint density at radius 1 is 1.33 bits per heavy atom. The fourth-order valence-electron chi connectivity index (χ4n) is 1.73. The maximum Gasteiger partial charge on any atom is 0.416 e. The quantitative estimate of drug-likeness (QED) is 0.759. The molecule has 15 heavy (non-hydrogen) atoms. The van der Waals surface area contributed by atoms with Crippen molar-refractivity contribution in [2.75, 3.05) is 6.54 Å². The Bertz CT molecular complexity index is 367. The molecule has 0 aliphatic carbocycles. The van der Waals surface area contributed by atoms with Crippen molar-refractivity contribution in [3.63, 3.8) is 0 Å². The molecule has 1 nitrogen and oxygen atoms in total. The summed E-state index contributed by atoms with van der Waals surface area (Å²) in [6.07, 6.45) is -3.33. The van der Waals surface area contributed by atoms with E-state index in [9.17, 15) is 13.2 Å². The first-order chi connectivity index (χ1) is 6.98. The van der Waals surface area contributed by atoms with Gasteiger partial charge in [0, 0.05) is 6.04 Å². The molecule has 2 rings (SSSR count). The smallest absolute Gasteiger partial charge is 0.310 e. The number of benzene rings is 1. The Balaban J connectivity index is 2.36. The summed E-state index contributed by atoms with van der Waals surface area (Å²) < 4.78 is 37.8. The first kappa shape index (κ1) is 10.5. The predicted molar refractivity (Wildman–Crippen MR) is 51.5 cm³/mol. The van der Waals surface area contributed by atoms with Crippen molar-refractivity contribution in [2.24, 2.45) is 0 Å². The van der Waals surface area contributed by atoms with Crippen LogP contribution in [-0.4, -0.2) is 6.54 Å². The normalized spacial score (nSPS) is 21.2. The molecule has 82 valence electrons. The molecule has 1 unspecified atom stereocenters. The molecule has 1 aromatic rings. The van der Waals surface area contributed by atoms with Crippen LogP contribution in [0.25, 0.3) is 0 Å². The van der Waals surface area contributed by atoms with Crippen LogP contribution in [0.15, 0.2) is 18.2 Å². The number of nitrogens with one attached hydrogen (secondary N) is 1. The molecule has 1 heterocycles. The van der Waals surface area contributed by atoms with Crippen molar-refractivity contribution in [1.82, 2.24) is 5.32 Å². The zero-order valence-corrected chi connectivity index (χ0v) is 8.36. The van der Waals surface area contributed by atoms with Gasteiger partial charge in [-0.1, -0.05) is 12.1 Å². The van der Waals surface area contributed by atoms with Gasteiger partial charge < -0.3 is 5.32 Å². The van der Waals surface area contributed by atoms with E-state index in [1.165, 1.54) is 19.1 Å². The Morgan fingerprint density at radius 3 is 2.47 bits per heavy atom. The molecule has 1 fully saturated rings. The van der Waals surface area contributed by atoms with E-state index in [1.807, 2.05) is 0 Å². The third-order valence-corrected chi connectivity index (χ3v) is 2.79. The van der Waals surface area contributed by atoms with Crippen molar-refractivity contribution < 1.29 is 13.2 Å². The van der Waals surface area contributed by atoms with Gasteiger partial charge in [0.1, 0.15) is 0 Å². The summed E-state index contributed by atoms with van der Waals surface area (Å²) in [5, 5.41) is 3.09. The average molecular weight is 215 g/mol. The third kappa shape index (κ3) is 2.00. The summed E-state index contributed by atoms with van der Waals surface area (Å²) in [6, 6.07) is 4.66. The SMILES string of the molecule is Cc1ccc(C2CCN2)cc1C(F)(F)F. The lowest BCUT2D eigenvalue weighted by atomic mass is 9.94. The lowest BCUT2D eigenvalue weighted by Gasteiger charge is -2.28. The summed E-state index contributed by atoms with van der Waals surface area (Å²) in [5.74, 6) is 0. The lowest BCUT2D eigenvalue weighted by molar-refractivity contribution is -0.138. The van der Waals surface area contributed by atoms with Gasteiger partial charge in [0.25, 0.3) is 0 Å². The maximum absolute atomic E-state index is 12.6. The molecular formula is C11H12F3N. The van der Waals surface area contributed by atoms with Gasteiger partial charge in [-0.05, 0) is 37.1 Å². The van der Waals surface area contributed by atoms with Crippen LogP contribution in [0.2, 0.25) is 0 Å². The van der Waals surface area contributed by atoms with Crippen LogP contribution in [0.1, 0.15) is 29.2 Å². The Labute approximate surface area is 86.3 Å². The van der Waals surface area contributed by atoms with Gasteiger partial charge in [-0.25, -0.2) is 0 Å². The van der Waals surface area contributed by atoms with E-state index >= 15 is 0 Å². The van der Waals surface area contributed by atoms with Gasteiger partial charge in [0.05, 0.1) is 5.56 Å². The Kier molecular flexibility index (Phi) is 2.46. The van der Waals surface area contributed by atoms with Crippen LogP contribution in [0.3, 0.4) is 0 Å². The third-order valence-electron chi connectivity index (χ3n) is 2.79. The molecule has 0 bridgehead atoms. The number of aryl methyl sites for hydroxylation is 1. The molecule has 4 heteroatoms. The Hall–Kier alpha value is -1.03. The molecule has 0 amide bonds. The van der Waals surface area contributed by atoms with E-state index in [4.69, 9.17) is 0 Å². The van der Waals surface area contributed by atoms with Crippen molar-refractivity contribution >= 4 is 0 Å². The first-order valence-electron chi connectivity index (χ1n) is 4.89. The van der Waals surface area contributed by atoms with Gasteiger partial charge >= 0.3 is 6.18 Å². The summed E-state index contributed by atoms with van der Waals surface area (Å²) >= 11 is 0. The van der Waals surface area contributed by atoms with E-state index < -0.39 is 11.7 Å². The molecule has 0 spiro atoms. The van der Waals surface area contributed by atoms with Crippen LogP contribution in [0.5, 0.6) is 0 Å². The Morgan fingerprint density at radius 2 is 2.00 bits per heavy atom. The van der Waals surface area contributed by atoms with Gasteiger partial charge in [0.15, 0.2) is 0 Å². The summed E-state index contributed by atoms with van der Waals surface area (Å²) in [4.78, 5) is 0. The van der Waals surface area contributed by atoms with Crippen molar-refractivity contribution in [3.8, 4) is 0 Å². The standard InChI is InChI=1S/C11H12F3N/c1-7-2-3-8(10-4-5-15-10)6-9(7)11(12,13)14/h2-3,6,10,15H,4-5H2,1H3. The molecule has 1 saturated heterocycles. The van der Waals surface area contributed by atoms with E-state index in [-0.39, 0.29) is 11.6 Å². The van der Waals surface area contributed by atoms with Gasteiger partial charge in [-0.3, -0.25) is 0 Å². The maximum atomic E-state index is 12.6. The fourth-order valence-corrected chi connectivity index (χ4v) is 1.73. The molecule has 1 aliphatic rings. The second-order valence-corrected chi connectivity index (χ2v) is 3.87. The zero-order valence-electron chi connectivity index (χ0n) is 8.36. The van der Waals surface area contributed by atoms with Gasteiger partial charge in [0.2, 0.25) is 0 Å². The number of rotatable bonds is 1. The van der Waals surface area contributed by atoms with Crippen LogP contribution in [-0.2, 0) is 6.18 Å². The predicted octanol–water partition coefficient (Wildman–Crippen LogP) is 3.05. The topological polar surface area (TPSA) is 12.0 Å². The monoisotopic (exact) mass is 215 g/mol. The highest BCUT2D eigenvalue weighted by molar-refractivity contribution is 5.35. The minimum Gasteiger partial charge on any atom is -0.310 e. The summed E-state index contributed by atoms with van der Waals surface area (Å²) in [7, 11) is 0. The molecule has 0 radical (unpaired) electrons. The van der Waals surface area contributed by atoms with Crippen LogP contribution in [0.4, 0.5) is 13.2 Å². The van der Waals surface area contributed by atoms with Crippen molar-refractivity contribution in [3.05, 3.63) is 34.9 Å². The highest BCUT2D eigenvalue weighted by Gasteiger charge is 2.33. The highest BCUT2D eigenvalue weighted by Crippen LogP contribution is 2.34. The van der Waals surface area contributed by atoms with Crippen molar-refractivity contribution in [1.29, 1.82) is 0 Å². The number of hydrogen-bond acceptors (Lipinski definition) is 1. The number of halogens is 3. The highest BCUT2D eigenvalue weighted by atomic mass is 19.4. The minimum absolute atomic E-state index is 0.103. The first-order valence-corrected chi connectivity index (χ1v) is 4.89. The van der Waals surface area contributed by atoms with Crippen molar-refractivity contribution in [2.45, 2.75) is 25.6 Å². The molecular weight excluding hydrogens is 203 g/mol. The van der Waals surface area contributed by atoms with E-state index in [0.29, 0.717) is 0 Å².